The SMILES string of the molecule is Nc1cc(Cl)c(O)c(-c2ccccc2)c1. The number of hydrogen-bond donors (Lipinski definition) is 2. The summed E-state index contributed by atoms with van der Waals surface area (Å²) in [4.78, 5) is 0. The summed E-state index contributed by atoms with van der Waals surface area (Å²) < 4.78 is 0. The van der Waals surface area contributed by atoms with Crippen molar-refractivity contribution in [3.63, 3.8) is 0 Å². The van der Waals surface area contributed by atoms with E-state index in [1.165, 1.54) is 6.07 Å². The van der Waals surface area contributed by atoms with Crippen LogP contribution in [0.4, 0.5) is 5.69 Å². The Labute approximate surface area is 92.9 Å². The topological polar surface area (TPSA) is 46.2 Å². The second-order valence-electron chi connectivity index (χ2n) is 3.26. The molecule has 0 aliphatic rings. The molecule has 2 aromatic carbocycles. The fourth-order valence-corrected chi connectivity index (χ4v) is 1.69. The monoisotopic (exact) mass is 219 g/mol. The van der Waals surface area contributed by atoms with Crippen LogP contribution in [0.3, 0.4) is 0 Å². The molecule has 2 aromatic rings. The van der Waals surface area contributed by atoms with Crippen LogP contribution in [0.25, 0.3) is 11.1 Å². The van der Waals surface area contributed by atoms with Gasteiger partial charge in [-0.15, -0.1) is 0 Å². The Morgan fingerprint density at radius 3 is 2.40 bits per heavy atom. The summed E-state index contributed by atoms with van der Waals surface area (Å²) in [7, 11) is 0. The van der Waals surface area contributed by atoms with Crippen LogP contribution < -0.4 is 5.73 Å². The van der Waals surface area contributed by atoms with E-state index >= 15 is 0 Å². The van der Waals surface area contributed by atoms with E-state index in [9.17, 15) is 5.11 Å². The maximum atomic E-state index is 9.79. The zero-order valence-electron chi connectivity index (χ0n) is 7.94. The highest BCUT2D eigenvalue weighted by molar-refractivity contribution is 6.32. The zero-order valence-corrected chi connectivity index (χ0v) is 8.70. The summed E-state index contributed by atoms with van der Waals surface area (Å²) in [5.41, 5.74) is 7.75. The third-order valence-corrected chi connectivity index (χ3v) is 2.46. The molecule has 0 heterocycles. The van der Waals surface area contributed by atoms with Gasteiger partial charge in [-0.05, 0) is 17.7 Å². The number of nitrogen functional groups attached to an aromatic ring is 1. The molecule has 76 valence electrons. The van der Waals surface area contributed by atoms with Crippen molar-refractivity contribution in [3.8, 4) is 16.9 Å². The van der Waals surface area contributed by atoms with Gasteiger partial charge in [0, 0.05) is 11.3 Å². The molecule has 0 bridgehead atoms. The average Bonchev–Trinajstić information content (AvgIpc) is 2.24. The van der Waals surface area contributed by atoms with Crippen molar-refractivity contribution < 1.29 is 5.11 Å². The number of halogens is 1. The van der Waals surface area contributed by atoms with Gasteiger partial charge in [-0.25, -0.2) is 0 Å². The lowest BCUT2D eigenvalue weighted by atomic mass is 10.0. The van der Waals surface area contributed by atoms with Crippen molar-refractivity contribution in [1.82, 2.24) is 0 Å². The molecule has 0 aliphatic carbocycles. The largest absolute Gasteiger partial charge is 0.506 e. The van der Waals surface area contributed by atoms with Gasteiger partial charge in [0.25, 0.3) is 0 Å². The van der Waals surface area contributed by atoms with E-state index in [-0.39, 0.29) is 10.8 Å². The van der Waals surface area contributed by atoms with E-state index < -0.39 is 0 Å². The molecular formula is C12H10ClNO. The van der Waals surface area contributed by atoms with Crippen molar-refractivity contribution in [2.24, 2.45) is 0 Å². The number of phenols is 1. The van der Waals surface area contributed by atoms with E-state index in [0.29, 0.717) is 11.3 Å². The molecule has 3 N–H and O–H groups in total. The predicted molar refractivity (Wildman–Crippen MR) is 63.0 cm³/mol. The minimum absolute atomic E-state index is 0.0667. The van der Waals surface area contributed by atoms with Crippen molar-refractivity contribution >= 4 is 17.3 Å². The standard InChI is InChI=1S/C12H10ClNO/c13-11-7-9(14)6-10(12(11)15)8-4-2-1-3-5-8/h1-7,15H,14H2. The van der Waals surface area contributed by atoms with Crippen LogP contribution in [0.15, 0.2) is 42.5 Å². The Morgan fingerprint density at radius 1 is 1.07 bits per heavy atom. The van der Waals surface area contributed by atoms with E-state index in [1.807, 2.05) is 30.3 Å². The Kier molecular flexibility index (Phi) is 2.52. The quantitative estimate of drug-likeness (QED) is 0.571. The molecule has 2 rings (SSSR count). The summed E-state index contributed by atoms with van der Waals surface area (Å²) in [6.45, 7) is 0. The lowest BCUT2D eigenvalue weighted by Crippen LogP contribution is -1.87. The number of aromatic hydroxyl groups is 1. The number of phenolic OH excluding ortho intramolecular Hbond substituents is 1. The molecule has 0 spiro atoms. The average molecular weight is 220 g/mol. The highest BCUT2D eigenvalue weighted by atomic mass is 35.5. The molecule has 0 aliphatic heterocycles. The first-order valence-electron chi connectivity index (χ1n) is 4.52. The number of anilines is 1. The maximum absolute atomic E-state index is 9.79. The fraction of sp³-hybridized carbons (Fsp3) is 0. The third-order valence-electron chi connectivity index (χ3n) is 2.17. The Balaban J connectivity index is 2.63. The van der Waals surface area contributed by atoms with Crippen molar-refractivity contribution in [3.05, 3.63) is 47.5 Å². The third kappa shape index (κ3) is 1.90. The smallest absolute Gasteiger partial charge is 0.142 e. The summed E-state index contributed by atoms with van der Waals surface area (Å²) in [6, 6.07) is 12.7. The highest BCUT2D eigenvalue weighted by Crippen LogP contribution is 2.36. The first kappa shape index (κ1) is 9.87. The van der Waals surface area contributed by atoms with Crippen LogP contribution in [-0.2, 0) is 0 Å². The first-order chi connectivity index (χ1) is 7.18. The first-order valence-corrected chi connectivity index (χ1v) is 4.89. The Morgan fingerprint density at radius 2 is 1.73 bits per heavy atom. The highest BCUT2D eigenvalue weighted by Gasteiger charge is 2.08. The van der Waals surface area contributed by atoms with Crippen LogP contribution in [0.5, 0.6) is 5.75 Å². The summed E-state index contributed by atoms with van der Waals surface area (Å²) in [5, 5.41) is 10.1. The minimum atomic E-state index is 0.0667. The molecular weight excluding hydrogens is 210 g/mol. The van der Waals surface area contributed by atoms with E-state index in [1.54, 1.807) is 6.07 Å². The second-order valence-corrected chi connectivity index (χ2v) is 3.67. The lowest BCUT2D eigenvalue weighted by molar-refractivity contribution is 0.477. The van der Waals surface area contributed by atoms with Gasteiger partial charge in [0.05, 0.1) is 5.02 Å². The van der Waals surface area contributed by atoms with Crippen LogP contribution in [-0.4, -0.2) is 5.11 Å². The number of benzene rings is 2. The maximum Gasteiger partial charge on any atom is 0.142 e. The summed E-state index contributed by atoms with van der Waals surface area (Å²) in [5.74, 6) is 0.0667. The summed E-state index contributed by atoms with van der Waals surface area (Å²) in [6.07, 6.45) is 0. The normalized spacial score (nSPS) is 10.2. The van der Waals surface area contributed by atoms with E-state index in [0.717, 1.165) is 5.56 Å². The second kappa shape index (κ2) is 3.83. The predicted octanol–water partition coefficient (Wildman–Crippen LogP) is 3.29. The molecule has 0 fully saturated rings. The molecule has 0 aromatic heterocycles. The molecule has 0 saturated heterocycles. The fourth-order valence-electron chi connectivity index (χ4n) is 1.46. The lowest BCUT2D eigenvalue weighted by Gasteiger charge is -2.07. The van der Waals surface area contributed by atoms with Gasteiger partial charge in [0.1, 0.15) is 5.75 Å². The molecule has 15 heavy (non-hydrogen) atoms. The van der Waals surface area contributed by atoms with Gasteiger partial charge in [-0.1, -0.05) is 41.9 Å². The molecule has 3 heteroatoms. The van der Waals surface area contributed by atoms with Crippen LogP contribution in [0.1, 0.15) is 0 Å². The number of hydrogen-bond acceptors (Lipinski definition) is 2. The molecule has 0 saturated carbocycles. The van der Waals surface area contributed by atoms with Gasteiger partial charge >= 0.3 is 0 Å². The van der Waals surface area contributed by atoms with Gasteiger partial charge in [0.15, 0.2) is 0 Å². The minimum Gasteiger partial charge on any atom is -0.506 e. The van der Waals surface area contributed by atoms with Gasteiger partial charge in [-0.3, -0.25) is 0 Å². The molecule has 2 nitrogen and oxygen atoms in total. The Bertz CT molecular complexity index is 482. The molecule has 0 radical (unpaired) electrons. The van der Waals surface area contributed by atoms with Crippen molar-refractivity contribution in [2.45, 2.75) is 0 Å². The van der Waals surface area contributed by atoms with Gasteiger partial charge in [-0.2, -0.15) is 0 Å². The van der Waals surface area contributed by atoms with Gasteiger partial charge in [0.2, 0.25) is 0 Å². The van der Waals surface area contributed by atoms with Crippen molar-refractivity contribution in [1.29, 1.82) is 0 Å². The van der Waals surface area contributed by atoms with E-state index in [4.69, 9.17) is 17.3 Å². The zero-order chi connectivity index (χ0) is 10.8. The van der Waals surface area contributed by atoms with Crippen LogP contribution in [0.2, 0.25) is 5.02 Å². The molecule has 0 amide bonds. The van der Waals surface area contributed by atoms with Crippen LogP contribution in [0, 0.1) is 0 Å². The van der Waals surface area contributed by atoms with Gasteiger partial charge < -0.3 is 10.8 Å². The molecule has 0 atom stereocenters. The summed E-state index contributed by atoms with van der Waals surface area (Å²) >= 11 is 5.84. The molecule has 0 unspecified atom stereocenters. The van der Waals surface area contributed by atoms with Crippen molar-refractivity contribution in [2.75, 3.05) is 5.73 Å². The van der Waals surface area contributed by atoms with Crippen LogP contribution >= 0.6 is 11.6 Å². The number of rotatable bonds is 1. The Hall–Kier alpha value is -1.67. The number of nitrogens with two attached hydrogens (primary N) is 1. The van der Waals surface area contributed by atoms with E-state index in [2.05, 4.69) is 0 Å².